The van der Waals surface area contributed by atoms with Crippen LogP contribution in [-0.2, 0) is 10.0 Å². The van der Waals surface area contributed by atoms with E-state index >= 15 is 0 Å². The summed E-state index contributed by atoms with van der Waals surface area (Å²) in [6.45, 7) is 8.56. The Morgan fingerprint density at radius 3 is 2.54 bits per heavy atom. The van der Waals surface area contributed by atoms with Crippen molar-refractivity contribution < 1.29 is 8.42 Å². The third-order valence-electron chi connectivity index (χ3n) is 4.86. The molecule has 0 saturated heterocycles. The zero-order valence-corrected chi connectivity index (χ0v) is 15.3. The second-order valence-corrected chi connectivity index (χ2v) is 9.45. The van der Waals surface area contributed by atoms with Crippen LogP contribution in [0.25, 0.3) is 5.57 Å². The van der Waals surface area contributed by atoms with Gasteiger partial charge in [-0.25, -0.2) is 8.42 Å². The fraction of sp³-hybridized carbons (Fsp3) is 0.400. The molecule has 2 aliphatic rings. The van der Waals surface area contributed by atoms with Gasteiger partial charge in [-0.15, -0.1) is 0 Å². The number of sulfonamides is 1. The zero-order valence-electron chi connectivity index (χ0n) is 14.5. The summed E-state index contributed by atoms with van der Waals surface area (Å²) in [4.78, 5) is 0. The van der Waals surface area contributed by atoms with E-state index in [1.807, 2.05) is 19.1 Å². The van der Waals surface area contributed by atoms with Crippen molar-refractivity contribution in [2.75, 3.05) is 6.54 Å². The predicted octanol–water partition coefficient (Wildman–Crippen LogP) is 4.43. The van der Waals surface area contributed by atoms with Crippen molar-refractivity contribution in [3.63, 3.8) is 0 Å². The molecule has 1 aromatic carbocycles. The molecule has 1 unspecified atom stereocenters. The van der Waals surface area contributed by atoms with Gasteiger partial charge in [-0.3, -0.25) is 4.31 Å². The van der Waals surface area contributed by atoms with Gasteiger partial charge in [-0.1, -0.05) is 54.1 Å². The number of rotatable bonds is 3. The van der Waals surface area contributed by atoms with E-state index in [4.69, 9.17) is 0 Å². The molecule has 0 radical (unpaired) electrons. The summed E-state index contributed by atoms with van der Waals surface area (Å²) in [5, 5.41) is 0. The Kier molecular flexibility index (Phi) is 4.43. The maximum Gasteiger partial charge on any atom is 0.244 e. The number of benzene rings is 1. The van der Waals surface area contributed by atoms with Gasteiger partial charge in [0.2, 0.25) is 10.0 Å². The lowest BCUT2D eigenvalue weighted by Gasteiger charge is -2.37. The lowest BCUT2D eigenvalue weighted by molar-refractivity contribution is 0.452. The molecule has 1 heterocycles. The van der Waals surface area contributed by atoms with Crippen LogP contribution in [0.4, 0.5) is 0 Å². The summed E-state index contributed by atoms with van der Waals surface area (Å²) >= 11 is 0. The summed E-state index contributed by atoms with van der Waals surface area (Å²) in [7, 11) is -3.46. The van der Waals surface area contributed by atoms with Gasteiger partial charge in [0.1, 0.15) is 4.75 Å². The van der Waals surface area contributed by atoms with Gasteiger partial charge in [0.25, 0.3) is 0 Å². The Balaban J connectivity index is 2.03. The van der Waals surface area contributed by atoms with Gasteiger partial charge in [0.15, 0.2) is 0 Å². The van der Waals surface area contributed by atoms with Crippen molar-refractivity contribution in [1.29, 1.82) is 0 Å². The van der Waals surface area contributed by atoms with Crippen molar-refractivity contribution in [3.8, 4) is 0 Å². The van der Waals surface area contributed by atoms with Crippen molar-refractivity contribution in [2.45, 2.75) is 44.3 Å². The van der Waals surface area contributed by atoms with Crippen molar-refractivity contribution >= 4 is 15.6 Å². The maximum absolute atomic E-state index is 13.2. The Labute approximate surface area is 145 Å². The van der Waals surface area contributed by atoms with Crippen molar-refractivity contribution in [1.82, 2.24) is 4.31 Å². The standard InChI is InChI=1S/C20H25NO2S/c1-16-7-9-18(10-8-16)19-13-17(2)14-20(3,15-19)24(22,23)21-11-5-4-6-12-21/h5,7-11,15H,2,4,6,12-14H2,1,3H3. The van der Waals surface area contributed by atoms with E-state index in [0.29, 0.717) is 13.0 Å². The first-order valence-corrected chi connectivity index (χ1v) is 9.89. The van der Waals surface area contributed by atoms with Gasteiger partial charge in [0, 0.05) is 12.7 Å². The third kappa shape index (κ3) is 3.07. The van der Waals surface area contributed by atoms with Crippen LogP contribution < -0.4 is 0 Å². The van der Waals surface area contributed by atoms with Crippen molar-refractivity contribution in [3.05, 3.63) is 65.9 Å². The van der Waals surface area contributed by atoms with Gasteiger partial charge >= 0.3 is 0 Å². The fourth-order valence-electron chi connectivity index (χ4n) is 3.52. The molecule has 0 bridgehead atoms. The second-order valence-electron chi connectivity index (χ2n) is 7.09. The molecule has 3 nitrogen and oxygen atoms in total. The molecule has 1 aromatic rings. The molecule has 0 saturated carbocycles. The lowest BCUT2D eigenvalue weighted by Crippen LogP contribution is -2.45. The van der Waals surface area contributed by atoms with Gasteiger partial charge < -0.3 is 0 Å². The van der Waals surface area contributed by atoms with Gasteiger partial charge in [0.05, 0.1) is 0 Å². The summed E-state index contributed by atoms with van der Waals surface area (Å²) in [6.07, 6.45) is 8.65. The first-order valence-electron chi connectivity index (χ1n) is 8.45. The highest BCUT2D eigenvalue weighted by Crippen LogP contribution is 2.41. The molecule has 24 heavy (non-hydrogen) atoms. The Morgan fingerprint density at radius 1 is 1.21 bits per heavy atom. The monoisotopic (exact) mass is 343 g/mol. The number of allylic oxidation sites excluding steroid dienone is 3. The molecule has 0 spiro atoms. The van der Waals surface area contributed by atoms with Crippen LogP contribution in [0.5, 0.6) is 0 Å². The van der Waals surface area contributed by atoms with Gasteiger partial charge in [-0.05, 0) is 50.7 Å². The lowest BCUT2D eigenvalue weighted by atomic mass is 9.84. The molecule has 0 fully saturated rings. The van der Waals surface area contributed by atoms with Crippen LogP contribution in [-0.4, -0.2) is 24.0 Å². The number of aryl methyl sites for hydroxylation is 1. The maximum atomic E-state index is 13.2. The third-order valence-corrected chi connectivity index (χ3v) is 7.22. The summed E-state index contributed by atoms with van der Waals surface area (Å²) in [6, 6.07) is 8.25. The normalized spacial score (nSPS) is 24.8. The van der Waals surface area contributed by atoms with Crippen LogP contribution in [0, 0.1) is 6.92 Å². The highest BCUT2D eigenvalue weighted by molar-refractivity contribution is 7.90. The predicted molar refractivity (Wildman–Crippen MR) is 99.9 cm³/mol. The van der Waals surface area contributed by atoms with E-state index in [1.165, 1.54) is 9.87 Å². The van der Waals surface area contributed by atoms with Crippen LogP contribution in [0.2, 0.25) is 0 Å². The molecular weight excluding hydrogens is 318 g/mol. The molecule has 0 amide bonds. The summed E-state index contributed by atoms with van der Waals surface area (Å²) < 4.78 is 27.0. The molecule has 0 aromatic heterocycles. The SMILES string of the molecule is C=C1CC(c2ccc(C)cc2)=CC(C)(S(=O)(=O)N2C=CCCC2)C1. The largest absolute Gasteiger partial charge is 0.277 e. The Hall–Kier alpha value is -1.81. The fourth-order valence-corrected chi connectivity index (χ4v) is 5.35. The Bertz CT molecular complexity index is 803. The van der Waals surface area contributed by atoms with Crippen LogP contribution in [0.15, 0.2) is 54.8 Å². The second kappa shape index (κ2) is 6.25. The minimum atomic E-state index is -3.46. The zero-order chi connectivity index (χ0) is 17.4. The summed E-state index contributed by atoms with van der Waals surface area (Å²) in [5.74, 6) is 0. The number of hydrogen-bond donors (Lipinski definition) is 0. The highest BCUT2D eigenvalue weighted by Gasteiger charge is 2.43. The average Bonchev–Trinajstić information content (AvgIpc) is 2.55. The minimum Gasteiger partial charge on any atom is -0.277 e. The van der Waals surface area contributed by atoms with E-state index in [2.05, 4.69) is 37.8 Å². The van der Waals surface area contributed by atoms with Crippen LogP contribution in [0.1, 0.15) is 43.7 Å². The molecule has 128 valence electrons. The molecule has 1 aliphatic carbocycles. The van der Waals surface area contributed by atoms with Crippen LogP contribution in [0.3, 0.4) is 0 Å². The molecule has 4 heteroatoms. The first kappa shape index (κ1) is 17.0. The smallest absolute Gasteiger partial charge is 0.244 e. The van der Waals surface area contributed by atoms with E-state index in [-0.39, 0.29) is 0 Å². The molecular formula is C20H25NO2S. The quantitative estimate of drug-likeness (QED) is 0.762. The highest BCUT2D eigenvalue weighted by atomic mass is 32.2. The van der Waals surface area contributed by atoms with E-state index in [9.17, 15) is 8.42 Å². The minimum absolute atomic E-state index is 0.481. The summed E-state index contributed by atoms with van der Waals surface area (Å²) in [5.41, 5.74) is 4.30. The number of hydrogen-bond acceptors (Lipinski definition) is 2. The molecule has 0 N–H and O–H groups in total. The van der Waals surface area contributed by atoms with Gasteiger partial charge in [-0.2, -0.15) is 0 Å². The van der Waals surface area contributed by atoms with Crippen LogP contribution >= 0.6 is 0 Å². The molecule has 1 atom stereocenters. The van der Waals surface area contributed by atoms with E-state index in [0.717, 1.165) is 36.0 Å². The average molecular weight is 343 g/mol. The topological polar surface area (TPSA) is 37.4 Å². The van der Waals surface area contributed by atoms with E-state index < -0.39 is 14.8 Å². The Morgan fingerprint density at radius 2 is 1.92 bits per heavy atom. The first-order chi connectivity index (χ1) is 11.3. The van der Waals surface area contributed by atoms with E-state index in [1.54, 1.807) is 6.20 Å². The number of nitrogens with zero attached hydrogens (tertiary/aromatic N) is 1. The van der Waals surface area contributed by atoms with Crippen molar-refractivity contribution in [2.24, 2.45) is 0 Å². The molecule has 3 rings (SSSR count). The molecule has 1 aliphatic heterocycles.